The van der Waals surface area contributed by atoms with Crippen LogP contribution in [0.4, 0.5) is 4.79 Å². The van der Waals surface area contributed by atoms with E-state index in [0.717, 1.165) is 41.0 Å². The average molecular weight is 356 g/mol. The first-order valence-corrected chi connectivity index (χ1v) is 8.74. The van der Waals surface area contributed by atoms with Gasteiger partial charge in [-0.05, 0) is 47.4 Å². The van der Waals surface area contributed by atoms with Gasteiger partial charge in [0.2, 0.25) is 0 Å². The number of aliphatic hydroxyl groups is 1. The zero-order valence-corrected chi connectivity index (χ0v) is 14.8. The predicted octanol–water partition coefficient (Wildman–Crippen LogP) is 2.21. The number of rotatable bonds is 7. The highest BCUT2D eigenvalue weighted by atomic mass is 16.5. The summed E-state index contributed by atoms with van der Waals surface area (Å²) >= 11 is 0. The molecule has 0 aromatic heterocycles. The number of nitrogens with one attached hydrogen (secondary N) is 2. The van der Waals surface area contributed by atoms with Gasteiger partial charge in [-0.3, -0.25) is 0 Å². The number of fused-ring (bicyclic) bond motifs is 1. The van der Waals surface area contributed by atoms with Crippen molar-refractivity contribution in [1.29, 1.82) is 0 Å². The first kappa shape index (κ1) is 18.1. The van der Waals surface area contributed by atoms with Crippen molar-refractivity contribution in [3.05, 3.63) is 59.2 Å². The Morgan fingerprint density at radius 3 is 2.81 bits per heavy atom. The second-order valence-electron chi connectivity index (χ2n) is 6.22. The van der Waals surface area contributed by atoms with Gasteiger partial charge in [0.05, 0.1) is 19.8 Å². The van der Waals surface area contributed by atoms with Gasteiger partial charge >= 0.3 is 6.03 Å². The molecule has 0 spiro atoms. The number of benzene rings is 2. The van der Waals surface area contributed by atoms with Crippen molar-refractivity contribution in [1.82, 2.24) is 10.6 Å². The van der Waals surface area contributed by atoms with Crippen molar-refractivity contribution in [2.45, 2.75) is 18.9 Å². The Morgan fingerprint density at radius 2 is 2.04 bits per heavy atom. The molecule has 6 heteroatoms. The van der Waals surface area contributed by atoms with Gasteiger partial charge in [0.25, 0.3) is 0 Å². The number of carbonyl (C=O) groups is 1. The van der Waals surface area contributed by atoms with Crippen LogP contribution in [0.2, 0.25) is 0 Å². The summed E-state index contributed by atoms with van der Waals surface area (Å²) in [6.45, 7) is 1.36. The van der Waals surface area contributed by atoms with Crippen LogP contribution in [0.25, 0.3) is 0 Å². The van der Waals surface area contributed by atoms with Crippen LogP contribution in [0.3, 0.4) is 0 Å². The topological polar surface area (TPSA) is 79.8 Å². The maximum absolute atomic E-state index is 11.9. The van der Waals surface area contributed by atoms with Crippen molar-refractivity contribution < 1.29 is 19.4 Å². The third kappa shape index (κ3) is 4.67. The van der Waals surface area contributed by atoms with Gasteiger partial charge in [0.15, 0.2) is 0 Å². The van der Waals surface area contributed by atoms with E-state index in [1.165, 1.54) is 0 Å². The second-order valence-corrected chi connectivity index (χ2v) is 6.22. The van der Waals surface area contributed by atoms with E-state index >= 15 is 0 Å². The predicted molar refractivity (Wildman–Crippen MR) is 98.7 cm³/mol. The average Bonchev–Trinajstić information content (AvgIpc) is 3.14. The van der Waals surface area contributed by atoms with Crippen LogP contribution in [0.1, 0.15) is 22.8 Å². The van der Waals surface area contributed by atoms with Crippen LogP contribution in [0.5, 0.6) is 11.5 Å². The highest BCUT2D eigenvalue weighted by Gasteiger charge is 2.16. The summed E-state index contributed by atoms with van der Waals surface area (Å²) < 4.78 is 10.6. The Hall–Kier alpha value is -2.73. The molecule has 2 aromatic carbocycles. The standard InChI is InChI=1S/C20H24N2O4/c1-25-17-5-2-14(3-6-17)8-10-21-20(24)22-13-18(23)15-4-7-19-16(12-15)9-11-26-19/h2-7,12,18,23H,8-11,13H2,1H3,(H2,21,22,24). The molecule has 0 saturated heterocycles. The fraction of sp³-hybridized carbons (Fsp3) is 0.350. The van der Waals surface area contributed by atoms with Gasteiger partial charge in [0, 0.05) is 19.5 Å². The monoisotopic (exact) mass is 356 g/mol. The normalized spacial score (nSPS) is 13.5. The SMILES string of the molecule is COc1ccc(CCNC(=O)NCC(O)c2ccc3c(c2)CCO3)cc1. The summed E-state index contributed by atoms with van der Waals surface area (Å²) in [5.74, 6) is 1.69. The smallest absolute Gasteiger partial charge is 0.314 e. The largest absolute Gasteiger partial charge is 0.497 e. The van der Waals surface area contributed by atoms with E-state index in [1.54, 1.807) is 7.11 Å². The molecule has 6 nitrogen and oxygen atoms in total. The lowest BCUT2D eigenvalue weighted by atomic mass is 10.0. The van der Waals surface area contributed by atoms with Crippen LogP contribution in [-0.4, -0.2) is 37.9 Å². The molecule has 3 rings (SSSR count). The molecule has 0 fully saturated rings. The first-order chi connectivity index (χ1) is 12.7. The third-order valence-corrected chi connectivity index (χ3v) is 4.41. The van der Waals surface area contributed by atoms with Crippen LogP contribution in [-0.2, 0) is 12.8 Å². The van der Waals surface area contributed by atoms with Gasteiger partial charge in [-0.15, -0.1) is 0 Å². The summed E-state index contributed by atoms with van der Waals surface area (Å²) in [6, 6.07) is 13.1. The van der Waals surface area contributed by atoms with E-state index in [2.05, 4.69) is 10.6 Å². The zero-order chi connectivity index (χ0) is 18.4. The van der Waals surface area contributed by atoms with Crippen molar-refractivity contribution in [2.24, 2.45) is 0 Å². The number of carbonyl (C=O) groups excluding carboxylic acids is 1. The molecule has 0 radical (unpaired) electrons. The number of urea groups is 1. The van der Waals surface area contributed by atoms with Gasteiger partial charge in [0.1, 0.15) is 11.5 Å². The number of amides is 2. The lowest BCUT2D eigenvalue weighted by Crippen LogP contribution is -2.38. The van der Waals surface area contributed by atoms with Gasteiger partial charge in [-0.2, -0.15) is 0 Å². The minimum absolute atomic E-state index is 0.161. The molecule has 138 valence electrons. The Bertz CT molecular complexity index is 746. The zero-order valence-electron chi connectivity index (χ0n) is 14.8. The fourth-order valence-electron chi connectivity index (χ4n) is 2.90. The molecule has 3 N–H and O–H groups in total. The van der Waals surface area contributed by atoms with E-state index in [1.807, 2.05) is 42.5 Å². The van der Waals surface area contributed by atoms with Crippen molar-refractivity contribution in [3.8, 4) is 11.5 Å². The van der Waals surface area contributed by atoms with E-state index < -0.39 is 6.10 Å². The van der Waals surface area contributed by atoms with E-state index in [0.29, 0.717) is 13.2 Å². The van der Waals surface area contributed by atoms with Crippen LogP contribution < -0.4 is 20.1 Å². The van der Waals surface area contributed by atoms with Crippen molar-refractivity contribution in [2.75, 3.05) is 26.8 Å². The molecule has 2 amide bonds. The number of methoxy groups -OCH3 is 1. The Kier molecular flexibility index (Phi) is 5.96. The summed E-state index contributed by atoms with van der Waals surface area (Å²) in [5, 5.41) is 15.8. The maximum Gasteiger partial charge on any atom is 0.314 e. The van der Waals surface area contributed by atoms with Gasteiger partial charge < -0.3 is 25.2 Å². The Labute approximate surface area is 153 Å². The van der Waals surface area contributed by atoms with Crippen LogP contribution in [0, 0.1) is 0 Å². The second kappa shape index (κ2) is 8.58. The summed E-state index contributed by atoms with van der Waals surface area (Å²) in [5.41, 5.74) is 3.00. The fourth-order valence-corrected chi connectivity index (χ4v) is 2.90. The van der Waals surface area contributed by atoms with Crippen LogP contribution in [0.15, 0.2) is 42.5 Å². The van der Waals surface area contributed by atoms with E-state index in [9.17, 15) is 9.90 Å². The molecule has 1 aliphatic rings. The summed E-state index contributed by atoms with van der Waals surface area (Å²) in [6.07, 6.45) is 0.841. The maximum atomic E-state index is 11.9. The molecule has 26 heavy (non-hydrogen) atoms. The van der Waals surface area contributed by atoms with Crippen molar-refractivity contribution >= 4 is 6.03 Å². The molecule has 1 aliphatic heterocycles. The quantitative estimate of drug-likeness (QED) is 0.711. The molecule has 1 heterocycles. The molecular weight excluding hydrogens is 332 g/mol. The molecule has 1 unspecified atom stereocenters. The van der Waals surface area contributed by atoms with Crippen molar-refractivity contribution in [3.63, 3.8) is 0 Å². The lowest BCUT2D eigenvalue weighted by Gasteiger charge is -2.14. The Morgan fingerprint density at radius 1 is 1.23 bits per heavy atom. The number of hydrogen-bond donors (Lipinski definition) is 3. The highest BCUT2D eigenvalue weighted by Crippen LogP contribution is 2.27. The number of aliphatic hydroxyl groups excluding tert-OH is 1. The van der Waals surface area contributed by atoms with Crippen LogP contribution >= 0.6 is 0 Å². The first-order valence-electron chi connectivity index (χ1n) is 8.74. The molecule has 1 atom stereocenters. The summed E-state index contributed by atoms with van der Waals surface area (Å²) in [7, 11) is 1.63. The van der Waals surface area contributed by atoms with Gasteiger partial charge in [-0.1, -0.05) is 18.2 Å². The lowest BCUT2D eigenvalue weighted by molar-refractivity contribution is 0.173. The van der Waals surface area contributed by atoms with E-state index in [-0.39, 0.29) is 12.6 Å². The molecular formula is C20H24N2O4. The Balaban J connectivity index is 1.39. The number of ether oxygens (including phenoxy) is 2. The molecule has 0 saturated carbocycles. The van der Waals surface area contributed by atoms with Gasteiger partial charge in [-0.25, -0.2) is 4.79 Å². The number of hydrogen-bond acceptors (Lipinski definition) is 4. The highest BCUT2D eigenvalue weighted by molar-refractivity contribution is 5.73. The minimum Gasteiger partial charge on any atom is -0.497 e. The molecule has 0 bridgehead atoms. The van der Waals surface area contributed by atoms with E-state index in [4.69, 9.17) is 9.47 Å². The summed E-state index contributed by atoms with van der Waals surface area (Å²) in [4.78, 5) is 11.9. The minimum atomic E-state index is -0.742. The third-order valence-electron chi connectivity index (χ3n) is 4.41. The molecule has 0 aliphatic carbocycles. The molecule has 2 aromatic rings.